The molecule has 0 aliphatic carbocycles. The second kappa shape index (κ2) is 6.19. The van der Waals surface area contributed by atoms with E-state index in [0.717, 1.165) is 29.0 Å². The summed E-state index contributed by atoms with van der Waals surface area (Å²) in [5.41, 5.74) is 5.13. The van der Waals surface area contributed by atoms with Crippen LogP contribution in [0.5, 0.6) is 0 Å². The molecule has 0 aromatic carbocycles. The molecule has 0 saturated heterocycles. The van der Waals surface area contributed by atoms with Crippen molar-refractivity contribution in [2.24, 2.45) is 5.41 Å². The van der Waals surface area contributed by atoms with E-state index in [-0.39, 0.29) is 11.5 Å². The zero-order valence-corrected chi connectivity index (χ0v) is 14.9. The second-order valence-electron chi connectivity index (χ2n) is 7.43. The summed E-state index contributed by atoms with van der Waals surface area (Å²) in [6.07, 6.45) is 6.33. The molecule has 1 unspecified atom stereocenters. The van der Waals surface area contributed by atoms with Crippen molar-refractivity contribution in [3.8, 4) is 0 Å². The van der Waals surface area contributed by atoms with Gasteiger partial charge in [0.15, 0.2) is 0 Å². The number of nitrogens with one attached hydrogen (secondary N) is 1. The highest BCUT2D eigenvalue weighted by Gasteiger charge is 2.23. The summed E-state index contributed by atoms with van der Waals surface area (Å²) in [5.74, 6) is 0. The summed E-state index contributed by atoms with van der Waals surface area (Å²) in [4.78, 5) is 4.28. The van der Waals surface area contributed by atoms with Gasteiger partial charge in [0.1, 0.15) is 6.33 Å². The Morgan fingerprint density at radius 1 is 1.25 bits per heavy atom. The van der Waals surface area contributed by atoms with Gasteiger partial charge in [-0.3, -0.25) is 4.98 Å². The molecule has 1 N–H and O–H groups in total. The number of aryl methyl sites for hydroxylation is 1. The first-order valence-electron chi connectivity index (χ1n) is 8.19. The number of anilines is 1. The Morgan fingerprint density at radius 2 is 2.04 bits per heavy atom. The Hall–Kier alpha value is -2.50. The molecule has 1 atom stereocenters. The fourth-order valence-corrected chi connectivity index (χ4v) is 2.85. The Kier molecular flexibility index (Phi) is 4.22. The van der Waals surface area contributed by atoms with E-state index in [1.807, 2.05) is 19.2 Å². The third-order valence-corrected chi connectivity index (χ3v) is 4.15. The standard InChI is InChI=1S/C18H24N6/c1-12-13(2)23-24-11-20-22-17(24)16(12)21-15(9-18(3,4)5)14-7-6-8-19-10-14/h6-8,10-11,15,21H,9H2,1-5H3. The fourth-order valence-electron chi connectivity index (χ4n) is 2.85. The minimum Gasteiger partial charge on any atom is -0.375 e. The Morgan fingerprint density at radius 3 is 2.71 bits per heavy atom. The van der Waals surface area contributed by atoms with E-state index in [1.54, 1.807) is 17.0 Å². The molecule has 3 rings (SSSR count). The molecule has 3 aromatic heterocycles. The first-order valence-corrected chi connectivity index (χ1v) is 8.19. The molecular formula is C18H24N6. The summed E-state index contributed by atoms with van der Waals surface area (Å²) >= 11 is 0. The summed E-state index contributed by atoms with van der Waals surface area (Å²) in [6, 6.07) is 4.23. The van der Waals surface area contributed by atoms with Gasteiger partial charge in [-0.2, -0.15) is 9.61 Å². The third-order valence-electron chi connectivity index (χ3n) is 4.15. The smallest absolute Gasteiger partial charge is 0.200 e. The van der Waals surface area contributed by atoms with Crippen LogP contribution in [0.2, 0.25) is 0 Å². The molecule has 0 radical (unpaired) electrons. The molecule has 3 aromatic rings. The van der Waals surface area contributed by atoms with Crippen molar-refractivity contribution in [1.82, 2.24) is 24.8 Å². The van der Waals surface area contributed by atoms with E-state index in [2.05, 4.69) is 59.4 Å². The highest BCUT2D eigenvalue weighted by molar-refractivity contribution is 5.71. The zero-order chi connectivity index (χ0) is 17.3. The van der Waals surface area contributed by atoms with Gasteiger partial charge in [-0.25, -0.2) is 0 Å². The van der Waals surface area contributed by atoms with Crippen LogP contribution in [0.1, 0.15) is 50.1 Å². The van der Waals surface area contributed by atoms with Gasteiger partial charge in [0.25, 0.3) is 0 Å². The molecule has 6 heteroatoms. The molecule has 0 bridgehead atoms. The van der Waals surface area contributed by atoms with Gasteiger partial charge in [-0.15, -0.1) is 10.2 Å². The normalized spacial score (nSPS) is 13.2. The van der Waals surface area contributed by atoms with E-state index in [0.29, 0.717) is 0 Å². The number of rotatable bonds is 4. The summed E-state index contributed by atoms with van der Waals surface area (Å²) in [7, 11) is 0. The lowest BCUT2D eigenvalue weighted by Crippen LogP contribution is -2.20. The lowest BCUT2D eigenvalue weighted by Gasteiger charge is -2.28. The molecule has 0 saturated carbocycles. The van der Waals surface area contributed by atoms with Gasteiger partial charge >= 0.3 is 0 Å². The molecule has 0 fully saturated rings. The van der Waals surface area contributed by atoms with Crippen LogP contribution in [0.15, 0.2) is 30.9 Å². The highest BCUT2D eigenvalue weighted by atomic mass is 15.3. The van der Waals surface area contributed by atoms with E-state index >= 15 is 0 Å². The fraction of sp³-hybridized carbons (Fsp3) is 0.444. The number of nitrogens with zero attached hydrogens (tertiary/aromatic N) is 5. The predicted octanol–water partition coefficient (Wildman–Crippen LogP) is 3.73. The van der Waals surface area contributed by atoms with Gasteiger partial charge in [0, 0.05) is 12.4 Å². The molecule has 0 aliphatic rings. The average molecular weight is 324 g/mol. The topological polar surface area (TPSA) is 68.0 Å². The van der Waals surface area contributed by atoms with Gasteiger partial charge in [0.2, 0.25) is 5.65 Å². The molecule has 126 valence electrons. The van der Waals surface area contributed by atoms with Gasteiger partial charge in [0.05, 0.1) is 17.4 Å². The minimum atomic E-state index is 0.139. The Labute approximate surface area is 142 Å². The third kappa shape index (κ3) is 3.37. The van der Waals surface area contributed by atoms with Gasteiger partial charge in [-0.05, 0) is 42.9 Å². The maximum atomic E-state index is 4.49. The van der Waals surface area contributed by atoms with Crippen LogP contribution in [0.4, 0.5) is 5.69 Å². The predicted molar refractivity (Wildman–Crippen MR) is 94.9 cm³/mol. The van der Waals surface area contributed by atoms with Crippen LogP contribution in [-0.2, 0) is 0 Å². The Balaban J connectivity index is 2.05. The van der Waals surface area contributed by atoms with E-state index in [9.17, 15) is 0 Å². The molecule has 3 heterocycles. The lowest BCUT2D eigenvalue weighted by atomic mass is 9.85. The van der Waals surface area contributed by atoms with Crippen molar-refractivity contribution in [1.29, 1.82) is 0 Å². The van der Waals surface area contributed by atoms with Gasteiger partial charge < -0.3 is 5.32 Å². The van der Waals surface area contributed by atoms with Crippen molar-refractivity contribution in [3.05, 3.63) is 47.7 Å². The van der Waals surface area contributed by atoms with Gasteiger partial charge in [-0.1, -0.05) is 26.8 Å². The van der Waals surface area contributed by atoms with E-state index in [1.165, 1.54) is 5.56 Å². The van der Waals surface area contributed by atoms with Crippen molar-refractivity contribution >= 4 is 11.3 Å². The van der Waals surface area contributed by atoms with Crippen LogP contribution >= 0.6 is 0 Å². The van der Waals surface area contributed by atoms with Crippen molar-refractivity contribution in [3.63, 3.8) is 0 Å². The largest absolute Gasteiger partial charge is 0.375 e. The summed E-state index contributed by atoms with van der Waals surface area (Å²) < 4.78 is 1.72. The van der Waals surface area contributed by atoms with Crippen LogP contribution in [-0.4, -0.2) is 24.8 Å². The van der Waals surface area contributed by atoms with Crippen molar-refractivity contribution in [2.75, 3.05) is 5.32 Å². The molecule has 6 nitrogen and oxygen atoms in total. The minimum absolute atomic E-state index is 0.139. The molecule has 0 aliphatic heterocycles. The van der Waals surface area contributed by atoms with Crippen LogP contribution in [0.3, 0.4) is 0 Å². The first kappa shape index (κ1) is 16.4. The average Bonchev–Trinajstić information content (AvgIpc) is 2.98. The Bertz CT molecular complexity index is 832. The number of hydrogen-bond donors (Lipinski definition) is 1. The monoisotopic (exact) mass is 324 g/mol. The van der Waals surface area contributed by atoms with E-state index in [4.69, 9.17) is 0 Å². The van der Waals surface area contributed by atoms with E-state index < -0.39 is 0 Å². The van der Waals surface area contributed by atoms with Crippen molar-refractivity contribution in [2.45, 2.75) is 47.1 Å². The van der Waals surface area contributed by atoms with Crippen LogP contribution in [0, 0.1) is 19.3 Å². The quantitative estimate of drug-likeness (QED) is 0.792. The molecule has 0 amide bonds. The van der Waals surface area contributed by atoms with Crippen LogP contribution in [0.25, 0.3) is 5.65 Å². The number of hydrogen-bond acceptors (Lipinski definition) is 5. The SMILES string of the molecule is Cc1nn2cnnc2c(NC(CC(C)(C)C)c2cccnc2)c1C. The maximum absolute atomic E-state index is 4.49. The van der Waals surface area contributed by atoms with Crippen LogP contribution < -0.4 is 5.32 Å². The second-order valence-corrected chi connectivity index (χ2v) is 7.43. The molecule has 0 spiro atoms. The van der Waals surface area contributed by atoms with Crippen molar-refractivity contribution < 1.29 is 0 Å². The number of pyridine rings is 1. The summed E-state index contributed by atoms with van der Waals surface area (Å²) in [5, 5.41) is 16.4. The summed E-state index contributed by atoms with van der Waals surface area (Å²) in [6.45, 7) is 10.8. The maximum Gasteiger partial charge on any atom is 0.200 e. The highest BCUT2D eigenvalue weighted by Crippen LogP contribution is 2.34. The molecular weight excluding hydrogens is 300 g/mol. The lowest BCUT2D eigenvalue weighted by molar-refractivity contribution is 0.352. The number of fused-ring (bicyclic) bond motifs is 1. The zero-order valence-electron chi connectivity index (χ0n) is 14.9. The number of aromatic nitrogens is 5. The first-order chi connectivity index (χ1) is 11.3. The molecule has 24 heavy (non-hydrogen) atoms.